The lowest BCUT2D eigenvalue weighted by Gasteiger charge is -2.02. The highest BCUT2D eigenvalue weighted by molar-refractivity contribution is 9.10. The Kier molecular flexibility index (Phi) is 3.81. The summed E-state index contributed by atoms with van der Waals surface area (Å²) in [6, 6.07) is 6.83. The molecule has 0 aliphatic carbocycles. The Morgan fingerprint density at radius 3 is 2.86 bits per heavy atom. The van der Waals surface area contributed by atoms with Gasteiger partial charge in [0.1, 0.15) is 6.61 Å². The van der Waals surface area contributed by atoms with Gasteiger partial charge in [-0.15, -0.1) is 0 Å². The maximum Gasteiger partial charge on any atom is 0.189 e. The van der Waals surface area contributed by atoms with E-state index in [4.69, 9.17) is 10.00 Å². The van der Waals surface area contributed by atoms with Gasteiger partial charge in [-0.3, -0.25) is 4.79 Å². The first kappa shape index (κ1) is 10.9. The minimum absolute atomic E-state index is 0.0461. The van der Waals surface area contributed by atoms with Gasteiger partial charge in [-0.2, -0.15) is 5.26 Å². The first-order chi connectivity index (χ1) is 6.69. The molecular weight excluding hydrogens is 246 g/mol. The van der Waals surface area contributed by atoms with Gasteiger partial charge in [0.05, 0.1) is 11.6 Å². The quantitative estimate of drug-likeness (QED) is 0.776. The molecule has 0 unspecified atom stereocenters. The summed E-state index contributed by atoms with van der Waals surface area (Å²) in [4.78, 5) is 11.4. The van der Waals surface area contributed by atoms with Gasteiger partial charge < -0.3 is 4.74 Å². The zero-order chi connectivity index (χ0) is 10.6. The maximum absolute atomic E-state index is 11.4. The molecule has 0 N–H and O–H groups in total. The van der Waals surface area contributed by atoms with Gasteiger partial charge in [0, 0.05) is 17.1 Å². The fourth-order valence-corrected chi connectivity index (χ4v) is 1.62. The van der Waals surface area contributed by atoms with Crippen molar-refractivity contribution in [1.82, 2.24) is 0 Å². The molecule has 1 aromatic carbocycles. The van der Waals surface area contributed by atoms with Gasteiger partial charge in [0.2, 0.25) is 0 Å². The van der Waals surface area contributed by atoms with Crippen LogP contribution in [0.4, 0.5) is 0 Å². The standard InChI is InChI=1S/C10H8BrNO2/c1-14-6-10(13)8-3-2-7(5-12)4-9(8)11/h2-4H,6H2,1H3. The van der Waals surface area contributed by atoms with Crippen molar-refractivity contribution in [2.24, 2.45) is 0 Å². The smallest absolute Gasteiger partial charge is 0.189 e. The lowest BCUT2D eigenvalue weighted by molar-refractivity contribution is 0.0847. The van der Waals surface area contributed by atoms with Crippen LogP contribution in [0.2, 0.25) is 0 Å². The summed E-state index contributed by atoms with van der Waals surface area (Å²) in [5.74, 6) is -0.108. The van der Waals surface area contributed by atoms with Gasteiger partial charge in [-0.1, -0.05) is 0 Å². The fourth-order valence-electron chi connectivity index (χ4n) is 1.02. The largest absolute Gasteiger partial charge is 0.377 e. The van der Waals surface area contributed by atoms with Crippen molar-refractivity contribution in [3.63, 3.8) is 0 Å². The van der Waals surface area contributed by atoms with Crippen molar-refractivity contribution in [3.8, 4) is 6.07 Å². The zero-order valence-electron chi connectivity index (χ0n) is 7.58. The Hall–Kier alpha value is -1.18. The second kappa shape index (κ2) is 4.89. The van der Waals surface area contributed by atoms with Crippen LogP contribution in [0.1, 0.15) is 15.9 Å². The molecule has 0 aliphatic rings. The van der Waals surface area contributed by atoms with E-state index in [0.717, 1.165) is 0 Å². The Balaban J connectivity index is 3.01. The molecule has 0 bridgehead atoms. The number of rotatable bonds is 3. The summed E-state index contributed by atoms with van der Waals surface area (Å²) in [5.41, 5.74) is 1.05. The van der Waals surface area contributed by atoms with Crippen molar-refractivity contribution in [1.29, 1.82) is 5.26 Å². The number of nitrogens with zero attached hydrogens (tertiary/aromatic N) is 1. The normalized spacial score (nSPS) is 9.50. The third-order valence-corrected chi connectivity index (χ3v) is 2.33. The van der Waals surface area contributed by atoms with Gasteiger partial charge in [0.15, 0.2) is 5.78 Å². The van der Waals surface area contributed by atoms with E-state index in [0.29, 0.717) is 15.6 Å². The van der Waals surface area contributed by atoms with Crippen LogP contribution in [0.25, 0.3) is 0 Å². The molecule has 72 valence electrons. The van der Waals surface area contributed by atoms with Crippen LogP contribution in [-0.2, 0) is 4.74 Å². The number of halogens is 1. The SMILES string of the molecule is COCC(=O)c1ccc(C#N)cc1Br. The summed E-state index contributed by atoms with van der Waals surface area (Å²) >= 11 is 3.23. The number of methoxy groups -OCH3 is 1. The average Bonchev–Trinajstić information content (AvgIpc) is 2.17. The molecule has 0 aromatic heterocycles. The van der Waals surface area contributed by atoms with Crippen molar-refractivity contribution < 1.29 is 9.53 Å². The van der Waals surface area contributed by atoms with Crippen LogP contribution in [0, 0.1) is 11.3 Å². The van der Waals surface area contributed by atoms with Crippen molar-refractivity contribution in [3.05, 3.63) is 33.8 Å². The van der Waals surface area contributed by atoms with Crippen molar-refractivity contribution >= 4 is 21.7 Å². The minimum Gasteiger partial charge on any atom is -0.377 e. The van der Waals surface area contributed by atoms with Gasteiger partial charge in [-0.05, 0) is 34.1 Å². The molecule has 0 aliphatic heterocycles. The van der Waals surface area contributed by atoms with E-state index in [1.54, 1.807) is 18.2 Å². The zero-order valence-corrected chi connectivity index (χ0v) is 9.17. The molecule has 0 fully saturated rings. The van der Waals surface area contributed by atoms with Crippen LogP contribution in [0.3, 0.4) is 0 Å². The van der Waals surface area contributed by atoms with Gasteiger partial charge in [-0.25, -0.2) is 0 Å². The predicted molar refractivity (Wildman–Crippen MR) is 55.1 cm³/mol. The third-order valence-electron chi connectivity index (χ3n) is 1.67. The summed E-state index contributed by atoms with van der Waals surface area (Å²) in [6.07, 6.45) is 0. The molecule has 0 saturated heterocycles. The summed E-state index contributed by atoms with van der Waals surface area (Å²) in [5, 5.41) is 8.61. The molecular formula is C10H8BrNO2. The second-order valence-corrected chi connectivity index (χ2v) is 3.52. The summed E-state index contributed by atoms with van der Waals surface area (Å²) in [6.45, 7) is 0.0461. The molecule has 0 radical (unpaired) electrons. The molecule has 0 spiro atoms. The molecule has 0 heterocycles. The number of benzene rings is 1. The maximum atomic E-state index is 11.4. The van der Waals surface area contributed by atoms with Gasteiger partial charge in [0.25, 0.3) is 0 Å². The molecule has 4 heteroatoms. The van der Waals surface area contributed by atoms with E-state index in [2.05, 4.69) is 15.9 Å². The minimum atomic E-state index is -0.108. The molecule has 0 amide bonds. The van der Waals surface area contributed by atoms with Crippen LogP contribution >= 0.6 is 15.9 Å². The van der Waals surface area contributed by atoms with Crippen LogP contribution in [0.15, 0.2) is 22.7 Å². The molecule has 14 heavy (non-hydrogen) atoms. The highest BCUT2D eigenvalue weighted by Crippen LogP contribution is 2.18. The highest BCUT2D eigenvalue weighted by Gasteiger charge is 2.09. The van der Waals surface area contributed by atoms with E-state index in [1.165, 1.54) is 7.11 Å². The fraction of sp³-hybridized carbons (Fsp3) is 0.200. The number of ketones is 1. The first-order valence-electron chi connectivity index (χ1n) is 3.91. The Bertz CT molecular complexity index is 396. The molecule has 3 nitrogen and oxygen atoms in total. The van der Waals surface area contributed by atoms with Gasteiger partial charge >= 0.3 is 0 Å². The number of hydrogen-bond donors (Lipinski definition) is 0. The van der Waals surface area contributed by atoms with Crippen LogP contribution in [-0.4, -0.2) is 19.5 Å². The number of nitriles is 1. The van der Waals surface area contributed by atoms with Crippen molar-refractivity contribution in [2.75, 3.05) is 13.7 Å². The van der Waals surface area contributed by atoms with E-state index in [1.807, 2.05) is 6.07 Å². The monoisotopic (exact) mass is 253 g/mol. The summed E-state index contributed by atoms with van der Waals surface area (Å²) in [7, 11) is 1.47. The molecule has 1 rings (SSSR count). The number of Topliss-reactive ketones (excluding diaryl/α,β-unsaturated/α-hetero) is 1. The highest BCUT2D eigenvalue weighted by atomic mass is 79.9. The van der Waals surface area contributed by atoms with E-state index < -0.39 is 0 Å². The lowest BCUT2D eigenvalue weighted by Crippen LogP contribution is -2.07. The first-order valence-corrected chi connectivity index (χ1v) is 4.70. The number of carbonyl (C=O) groups is 1. The average molecular weight is 254 g/mol. The topological polar surface area (TPSA) is 50.1 Å². The van der Waals surface area contributed by atoms with E-state index in [-0.39, 0.29) is 12.4 Å². The Morgan fingerprint density at radius 2 is 2.36 bits per heavy atom. The van der Waals surface area contributed by atoms with Crippen molar-refractivity contribution in [2.45, 2.75) is 0 Å². The lowest BCUT2D eigenvalue weighted by atomic mass is 10.1. The Morgan fingerprint density at radius 1 is 1.64 bits per heavy atom. The molecule has 0 atom stereocenters. The summed E-state index contributed by atoms with van der Waals surface area (Å²) < 4.78 is 5.36. The molecule has 1 aromatic rings. The van der Waals surface area contributed by atoms with E-state index in [9.17, 15) is 4.79 Å². The predicted octanol–water partition coefficient (Wildman–Crippen LogP) is 2.15. The van der Waals surface area contributed by atoms with Crippen LogP contribution in [0.5, 0.6) is 0 Å². The number of ether oxygens (including phenoxy) is 1. The number of carbonyl (C=O) groups excluding carboxylic acids is 1. The Labute approximate surface area is 90.4 Å². The molecule has 0 saturated carbocycles. The third kappa shape index (κ3) is 2.41. The van der Waals surface area contributed by atoms with Crippen LogP contribution < -0.4 is 0 Å². The van der Waals surface area contributed by atoms with E-state index >= 15 is 0 Å². The second-order valence-electron chi connectivity index (χ2n) is 2.66. The number of hydrogen-bond acceptors (Lipinski definition) is 3.